The summed E-state index contributed by atoms with van der Waals surface area (Å²) in [6, 6.07) is 0.183. The van der Waals surface area contributed by atoms with Gasteiger partial charge in [-0.05, 0) is 32.7 Å². The number of hydrogen-bond donors (Lipinski definition) is 2. The van der Waals surface area contributed by atoms with Gasteiger partial charge in [-0.15, -0.1) is 0 Å². The molecule has 1 aromatic heterocycles. The number of aromatic amines is 1. The fourth-order valence-electron chi connectivity index (χ4n) is 2.32. The van der Waals surface area contributed by atoms with Crippen LogP contribution >= 0.6 is 0 Å². The van der Waals surface area contributed by atoms with Gasteiger partial charge in [0.05, 0.1) is 12.6 Å². The summed E-state index contributed by atoms with van der Waals surface area (Å²) in [4.78, 5) is 18.3. The number of aromatic nitrogens is 3. The Labute approximate surface area is 107 Å². The molecule has 18 heavy (non-hydrogen) atoms. The van der Waals surface area contributed by atoms with Crippen LogP contribution in [0, 0.1) is 6.92 Å². The number of nitrogens with zero attached hydrogens (tertiary/aromatic N) is 3. The minimum Gasteiger partial charge on any atom is -0.355 e. The van der Waals surface area contributed by atoms with Crippen molar-refractivity contribution in [3.05, 3.63) is 11.6 Å². The van der Waals surface area contributed by atoms with Crippen LogP contribution in [0.5, 0.6) is 0 Å². The molecule has 0 unspecified atom stereocenters. The van der Waals surface area contributed by atoms with Crippen molar-refractivity contribution in [1.82, 2.24) is 25.4 Å². The number of carbonyl (C=O) groups is 1. The Kier molecular flexibility index (Phi) is 4.30. The van der Waals surface area contributed by atoms with Gasteiger partial charge in [-0.2, -0.15) is 5.10 Å². The van der Waals surface area contributed by atoms with E-state index in [1.54, 1.807) is 0 Å². The molecule has 1 saturated heterocycles. The second-order valence-corrected chi connectivity index (χ2v) is 4.76. The van der Waals surface area contributed by atoms with Gasteiger partial charge >= 0.3 is 0 Å². The molecule has 1 aliphatic rings. The van der Waals surface area contributed by atoms with Gasteiger partial charge < -0.3 is 5.32 Å². The zero-order chi connectivity index (χ0) is 13.0. The Balaban J connectivity index is 1.93. The largest absolute Gasteiger partial charge is 0.355 e. The lowest BCUT2D eigenvalue weighted by Crippen LogP contribution is -2.37. The van der Waals surface area contributed by atoms with Crippen molar-refractivity contribution >= 4 is 5.91 Å². The molecule has 0 radical (unpaired) electrons. The molecule has 1 atom stereocenters. The van der Waals surface area contributed by atoms with Crippen LogP contribution in [0.2, 0.25) is 0 Å². The average molecular weight is 251 g/mol. The summed E-state index contributed by atoms with van der Waals surface area (Å²) in [5, 5.41) is 9.98. The van der Waals surface area contributed by atoms with E-state index in [0.29, 0.717) is 6.54 Å². The Hall–Kier alpha value is -1.43. The number of nitrogens with one attached hydrogen (secondary N) is 2. The van der Waals surface area contributed by atoms with E-state index < -0.39 is 0 Å². The van der Waals surface area contributed by atoms with E-state index in [-0.39, 0.29) is 11.9 Å². The van der Waals surface area contributed by atoms with E-state index in [4.69, 9.17) is 0 Å². The number of likely N-dealkylation sites (tertiary alicyclic amines) is 1. The lowest BCUT2D eigenvalue weighted by atomic mass is 10.2. The predicted molar refractivity (Wildman–Crippen MR) is 68.0 cm³/mol. The smallest absolute Gasteiger partial charge is 0.234 e. The Morgan fingerprint density at radius 1 is 1.61 bits per heavy atom. The van der Waals surface area contributed by atoms with Crippen molar-refractivity contribution in [3.8, 4) is 0 Å². The van der Waals surface area contributed by atoms with Crippen molar-refractivity contribution in [3.63, 3.8) is 0 Å². The Morgan fingerprint density at radius 2 is 2.44 bits per heavy atom. The number of hydrogen-bond acceptors (Lipinski definition) is 4. The van der Waals surface area contributed by atoms with Gasteiger partial charge in [0, 0.05) is 6.54 Å². The highest BCUT2D eigenvalue weighted by atomic mass is 16.2. The summed E-state index contributed by atoms with van der Waals surface area (Å²) in [5.74, 6) is 1.73. The van der Waals surface area contributed by atoms with Crippen LogP contribution in [0.4, 0.5) is 0 Å². The van der Waals surface area contributed by atoms with E-state index in [1.165, 1.54) is 0 Å². The molecule has 2 N–H and O–H groups in total. The maximum absolute atomic E-state index is 11.7. The molecule has 0 aromatic carbocycles. The molecule has 1 fully saturated rings. The second-order valence-electron chi connectivity index (χ2n) is 4.76. The predicted octanol–water partition coefficient (Wildman–Crippen LogP) is 0.776. The third-order valence-electron chi connectivity index (χ3n) is 3.20. The van der Waals surface area contributed by atoms with Gasteiger partial charge in [0.2, 0.25) is 5.91 Å². The molecule has 1 amide bonds. The molecule has 6 heteroatoms. The molecule has 1 aliphatic heterocycles. The van der Waals surface area contributed by atoms with Gasteiger partial charge in [0.1, 0.15) is 5.82 Å². The fourth-order valence-corrected chi connectivity index (χ4v) is 2.32. The first-order valence-corrected chi connectivity index (χ1v) is 6.60. The van der Waals surface area contributed by atoms with Crippen molar-refractivity contribution < 1.29 is 4.79 Å². The van der Waals surface area contributed by atoms with Gasteiger partial charge in [-0.25, -0.2) is 4.98 Å². The Morgan fingerprint density at radius 3 is 3.11 bits per heavy atom. The third-order valence-corrected chi connectivity index (χ3v) is 3.20. The fraction of sp³-hybridized carbons (Fsp3) is 0.750. The summed E-state index contributed by atoms with van der Waals surface area (Å²) >= 11 is 0. The van der Waals surface area contributed by atoms with E-state index in [0.717, 1.165) is 44.0 Å². The van der Waals surface area contributed by atoms with Crippen LogP contribution in [0.1, 0.15) is 43.9 Å². The van der Waals surface area contributed by atoms with Gasteiger partial charge in [-0.1, -0.05) is 6.92 Å². The number of rotatable bonds is 5. The van der Waals surface area contributed by atoms with Crippen molar-refractivity contribution in [2.45, 2.75) is 39.2 Å². The normalized spacial score (nSPS) is 20.2. The highest BCUT2D eigenvalue weighted by molar-refractivity contribution is 5.78. The lowest BCUT2D eigenvalue weighted by Gasteiger charge is -2.21. The highest BCUT2D eigenvalue weighted by Crippen LogP contribution is 2.29. The van der Waals surface area contributed by atoms with E-state index in [1.807, 2.05) is 6.92 Å². The first-order chi connectivity index (χ1) is 8.70. The standard InChI is InChI=1S/C12H21N5O/c1-3-6-13-11(18)8-17-7-4-5-10(17)12-14-9(2)15-16-12/h10H,3-8H2,1-2H3,(H,13,18)(H,14,15,16)/t10-/m1/s1. The number of amides is 1. The van der Waals surface area contributed by atoms with Crippen LogP contribution in [0.3, 0.4) is 0 Å². The van der Waals surface area contributed by atoms with Gasteiger partial charge in [-0.3, -0.25) is 14.8 Å². The van der Waals surface area contributed by atoms with Crippen LogP contribution in [-0.2, 0) is 4.79 Å². The van der Waals surface area contributed by atoms with Crippen LogP contribution < -0.4 is 5.32 Å². The maximum Gasteiger partial charge on any atom is 0.234 e. The maximum atomic E-state index is 11.7. The monoisotopic (exact) mass is 251 g/mol. The molecule has 0 spiro atoms. The zero-order valence-electron chi connectivity index (χ0n) is 11.1. The molecule has 100 valence electrons. The molecule has 0 saturated carbocycles. The van der Waals surface area contributed by atoms with Gasteiger partial charge in [0.15, 0.2) is 5.82 Å². The molecule has 2 heterocycles. The number of H-pyrrole nitrogens is 1. The minimum absolute atomic E-state index is 0.0935. The third kappa shape index (κ3) is 3.07. The number of aryl methyl sites for hydroxylation is 1. The second kappa shape index (κ2) is 5.95. The topological polar surface area (TPSA) is 73.9 Å². The zero-order valence-corrected chi connectivity index (χ0v) is 11.1. The molecule has 2 rings (SSSR count). The summed E-state index contributed by atoms with van der Waals surface area (Å²) in [7, 11) is 0. The van der Waals surface area contributed by atoms with Crippen LogP contribution in [-0.4, -0.2) is 45.6 Å². The van der Waals surface area contributed by atoms with E-state index in [2.05, 4.69) is 32.3 Å². The summed E-state index contributed by atoms with van der Waals surface area (Å²) < 4.78 is 0. The molecular formula is C12H21N5O. The first-order valence-electron chi connectivity index (χ1n) is 6.60. The quantitative estimate of drug-likeness (QED) is 0.811. The van der Waals surface area contributed by atoms with Crippen LogP contribution in [0.15, 0.2) is 0 Å². The van der Waals surface area contributed by atoms with Crippen molar-refractivity contribution in [2.75, 3.05) is 19.6 Å². The highest BCUT2D eigenvalue weighted by Gasteiger charge is 2.30. The van der Waals surface area contributed by atoms with Gasteiger partial charge in [0.25, 0.3) is 0 Å². The molecule has 0 bridgehead atoms. The molecule has 0 aliphatic carbocycles. The lowest BCUT2D eigenvalue weighted by molar-refractivity contribution is -0.122. The summed E-state index contributed by atoms with van der Waals surface area (Å²) in [5.41, 5.74) is 0. The Bertz CT molecular complexity index is 403. The molecule has 1 aromatic rings. The van der Waals surface area contributed by atoms with E-state index in [9.17, 15) is 4.79 Å². The number of carbonyl (C=O) groups excluding carboxylic acids is 1. The summed E-state index contributed by atoms with van der Waals surface area (Å²) in [6.07, 6.45) is 3.09. The van der Waals surface area contributed by atoms with Crippen molar-refractivity contribution in [2.24, 2.45) is 0 Å². The van der Waals surface area contributed by atoms with Crippen LogP contribution in [0.25, 0.3) is 0 Å². The first kappa shape index (κ1) is 13.0. The minimum atomic E-state index is 0.0935. The molecule has 6 nitrogen and oxygen atoms in total. The SMILES string of the molecule is CCCNC(=O)CN1CCC[C@@H]1c1n[nH]c(C)n1. The van der Waals surface area contributed by atoms with E-state index >= 15 is 0 Å². The summed E-state index contributed by atoms with van der Waals surface area (Å²) in [6.45, 7) is 6.08. The van der Waals surface area contributed by atoms with Crippen molar-refractivity contribution in [1.29, 1.82) is 0 Å². The molecular weight excluding hydrogens is 230 g/mol. The average Bonchev–Trinajstić information content (AvgIpc) is 2.95.